The Morgan fingerprint density at radius 1 is 1.14 bits per heavy atom. The number of aliphatic imine (C=N–C) groups is 1. The maximum atomic E-state index is 14.9. The first-order chi connectivity index (χ1) is 16.5. The monoisotopic (exact) mass is 487 g/mol. The van der Waals surface area contributed by atoms with Crippen molar-refractivity contribution in [2.45, 2.75) is 32.9 Å². The van der Waals surface area contributed by atoms with Gasteiger partial charge in [-0.3, -0.25) is 9.79 Å². The van der Waals surface area contributed by atoms with Gasteiger partial charge in [0.25, 0.3) is 5.91 Å². The fourth-order valence-corrected chi connectivity index (χ4v) is 2.93. The normalized spacial score (nSPS) is 11.1. The number of ether oxygens (including phenoxy) is 1. The first-order valence-electron chi connectivity index (χ1n) is 11.0. The van der Waals surface area contributed by atoms with Crippen LogP contribution in [0.4, 0.5) is 30.6 Å². The van der Waals surface area contributed by atoms with Crippen LogP contribution in [0.5, 0.6) is 5.75 Å². The lowest BCUT2D eigenvalue weighted by atomic mass is 10.1. The number of halogens is 2. The number of alkyl halides is 1. The zero-order chi connectivity index (χ0) is 26.0. The zero-order valence-electron chi connectivity index (χ0n) is 20.3. The molecule has 2 aromatic carbocycles. The van der Waals surface area contributed by atoms with Crippen molar-refractivity contribution in [3.05, 3.63) is 54.4 Å². The summed E-state index contributed by atoms with van der Waals surface area (Å²) >= 11 is 0. The molecule has 0 aliphatic heterocycles. The van der Waals surface area contributed by atoms with Crippen LogP contribution in [0, 0.1) is 5.82 Å². The summed E-state index contributed by atoms with van der Waals surface area (Å²) in [7, 11) is 1.48. The lowest BCUT2D eigenvalue weighted by Gasteiger charge is -2.16. The van der Waals surface area contributed by atoms with Crippen LogP contribution < -0.4 is 26.0 Å². The highest BCUT2D eigenvalue weighted by Crippen LogP contribution is 2.33. The van der Waals surface area contributed by atoms with E-state index >= 15 is 0 Å². The first kappa shape index (κ1) is 27.3. The Balaban J connectivity index is 2.06. The van der Waals surface area contributed by atoms with Crippen molar-refractivity contribution >= 4 is 40.9 Å². The molecular formula is C25H31F2N5O3. The van der Waals surface area contributed by atoms with Crippen molar-refractivity contribution in [2.24, 2.45) is 4.99 Å². The van der Waals surface area contributed by atoms with E-state index in [0.717, 1.165) is 6.07 Å². The maximum Gasteiger partial charge on any atom is 0.319 e. The molecule has 0 atom stereocenters. The minimum atomic E-state index is -1.36. The summed E-state index contributed by atoms with van der Waals surface area (Å²) in [5.74, 6) is -0.809. The van der Waals surface area contributed by atoms with Gasteiger partial charge in [0, 0.05) is 49.0 Å². The molecule has 0 spiro atoms. The Morgan fingerprint density at radius 3 is 2.34 bits per heavy atom. The number of carbonyl (C=O) groups excluding carboxylic acids is 2. The van der Waals surface area contributed by atoms with Crippen LogP contribution in [0.15, 0.2) is 48.0 Å². The van der Waals surface area contributed by atoms with Crippen LogP contribution in [0.3, 0.4) is 0 Å². The predicted molar refractivity (Wildman–Crippen MR) is 136 cm³/mol. The molecule has 0 heterocycles. The topological polar surface area (TPSA) is 104 Å². The Kier molecular flexibility index (Phi) is 9.74. The summed E-state index contributed by atoms with van der Waals surface area (Å²) < 4.78 is 33.8. The number of hydrogen-bond donors (Lipinski definition) is 4. The molecule has 0 unspecified atom stereocenters. The zero-order valence-corrected chi connectivity index (χ0v) is 20.3. The van der Waals surface area contributed by atoms with E-state index in [-0.39, 0.29) is 48.2 Å². The van der Waals surface area contributed by atoms with Gasteiger partial charge >= 0.3 is 6.03 Å². The van der Waals surface area contributed by atoms with Crippen molar-refractivity contribution in [3.8, 4) is 5.75 Å². The van der Waals surface area contributed by atoms with E-state index in [1.165, 1.54) is 33.2 Å². The molecule has 8 nitrogen and oxygen atoms in total. The number of urea groups is 1. The van der Waals surface area contributed by atoms with Gasteiger partial charge in [-0.15, -0.1) is 0 Å². The second-order valence-corrected chi connectivity index (χ2v) is 8.18. The quantitative estimate of drug-likeness (QED) is 0.334. The second kappa shape index (κ2) is 12.5. The van der Waals surface area contributed by atoms with Crippen LogP contribution in [0.1, 0.15) is 32.8 Å². The van der Waals surface area contributed by atoms with E-state index in [4.69, 9.17) is 4.74 Å². The Morgan fingerprint density at radius 2 is 1.77 bits per heavy atom. The van der Waals surface area contributed by atoms with Gasteiger partial charge in [-0.25, -0.2) is 13.6 Å². The lowest BCUT2D eigenvalue weighted by molar-refractivity contribution is -0.122. The fraction of sp³-hybridized carbons (Fsp3) is 0.320. The fourth-order valence-electron chi connectivity index (χ4n) is 2.93. The molecule has 0 aromatic heterocycles. The summed E-state index contributed by atoms with van der Waals surface area (Å²) in [6, 6.07) is 8.93. The molecule has 0 aliphatic carbocycles. The van der Waals surface area contributed by atoms with E-state index in [1.807, 2.05) is 0 Å². The van der Waals surface area contributed by atoms with Crippen LogP contribution in [0.25, 0.3) is 5.70 Å². The molecule has 0 fully saturated rings. The maximum absolute atomic E-state index is 14.9. The summed E-state index contributed by atoms with van der Waals surface area (Å²) in [6.45, 7) is 8.47. The number of nitrogens with one attached hydrogen (secondary N) is 4. The van der Waals surface area contributed by atoms with Gasteiger partial charge in [-0.05, 0) is 51.5 Å². The number of nitrogens with zero attached hydrogens (tertiary/aromatic N) is 1. The largest absolute Gasteiger partial charge is 0.484 e. The van der Waals surface area contributed by atoms with E-state index < -0.39 is 17.5 Å². The molecule has 35 heavy (non-hydrogen) atoms. The molecule has 0 radical (unpaired) electrons. The summed E-state index contributed by atoms with van der Waals surface area (Å²) in [5.41, 5.74) is 0.456. The smallest absolute Gasteiger partial charge is 0.319 e. The third-order valence-electron chi connectivity index (χ3n) is 4.70. The van der Waals surface area contributed by atoms with Crippen molar-refractivity contribution in [1.29, 1.82) is 0 Å². The third kappa shape index (κ3) is 9.07. The number of carbonyl (C=O) groups is 2. The van der Waals surface area contributed by atoms with Crippen LogP contribution in [-0.2, 0) is 4.79 Å². The minimum Gasteiger partial charge on any atom is -0.484 e. The highest BCUT2D eigenvalue weighted by atomic mass is 19.1. The molecule has 2 aromatic rings. The summed E-state index contributed by atoms with van der Waals surface area (Å²) in [5, 5.41) is 10.7. The Bertz CT molecular complexity index is 1080. The van der Waals surface area contributed by atoms with Crippen LogP contribution >= 0.6 is 0 Å². The van der Waals surface area contributed by atoms with Gasteiger partial charge in [0.2, 0.25) is 0 Å². The molecular weight excluding hydrogens is 456 g/mol. The van der Waals surface area contributed by atoms with Gasteiger partial charge in [-0.2, -0.15) is 0 Å². The van der Waals surface area contributed by atoms with E-state index in [0.29, 0.717) is 11.4 Å². The summed E-state index contributed by atoms with van der Waals surface area (Å²) in [6.07, 6.45) is 1.71. The number of anilines is 2. The number of rotatable bonds is 11. The Hall–Kier alpha value is -3.95. The van der Waals surface area contributed by atoms with Gasteiger partial charge in [-0.1, -0.05) is 6.58 Å². The number of benzene rings is 2. The van der Waals surface area contributed by atoms with E-state index in [2.05, 4.69) is 32.8 Å². The number of hydrogen-bond acceptors (Lipinski definition) is 5. The van der Waals surface area contributed by atoms with Crippen molar-refractivity contribution in [1.82, 2.24) is 10.6 Å². The van der Waals surface area contributed by atoms with Crippen molar-refractivity contribution < 1.29 is 23.1 Å². The van der Waals surface area contributed by atoms with E-state index in [1.54, 1.807) is 31.2 Å². The van der Waals surface area contributed by atoms with Crippen molar-refractivity contribution in [2.75, 3.05) is 30.8 Å². The molecule has 4 N–H and O–H groups in total. The van der Waals surface area contributed by atoms with Gasteiger partial charge in [0.05, 0.1) is 11.3 Å². The molecule has 2 rings (SSSR count). The summed E-state index contributed by atoms with van der Waals surface area (Å²) in [4.78, 5) is 27.5. The number of likely N-dealkylation sites (N-methyl/N-ethyl adjacent to an activating group) is 1. The molecule has 0 saturated heterocycles. The van der Waals surface area contributed by atoms with Crippen LogP contribution in [-0.4, -0.2) is 44.0 Å². The molecule has 188 valence electrons. The average molecular weight is 488 g/mol. The van der Waals surface area contributed by atoms with Gasteiger partial charge in [0.1, 0.15) is 17.2 Å². The minimum absolute atomic E-state index is 0.146. The molecule has 0 bridgehead atoms. The average Bonchev–Trinajstić information content (AvgIpc) is 2.77. The second-order valence-electron chi connectivity index (χ2n) is 8.18. The molecule has 10 heteroatoms. The molecule has 0 saturated carbocycles. The molecule has 3 amide bonds. The predicted octanol–water partition coefficient (Wildman–Crippen LogP) is 5.02. The highest BCUT2D eigenvalue weighted by Gasteiger charge is 2.16. The first-order valence-corrected chi connectivity index (χ1v) is 11.0. The van der Waals surface area contributed by atoms with Crippen LogP contribution in [0.2, 0.25) is 0 Å². The lowest BCUT2D eigenvalue weighted by Crippen LogP contribution is -2.32. The molecule has 0 aliphatic rings. The Labute approximate surface area is 203 Å². The standard InChI is InChI=1S/C25H31F2N5O3/c1-6-29-21-14-19(35-15-22(33)28-5)13-20(26)23(21)16(2)31-17-7-9-18(10-8-17)32-24(34)30-12-11-25(3,4)27/h6-10,13-14,31H,2,11-12,15H2,1,3-5H3,(H,28,33)(H2,30,32,34). The highest BCUT2D eigenvalue weighted by molar-refractivity contribution is 5.90. The van der Waals surface area contributed by atoms with E-state index in [9.17, 15) is 18.4 Å². The van der Waals surface area contributed by atoms with Crippen molar-refractivity contribution in [3.63, 3.8) is 0 Å². The van der Waals surface area contributed by atoms with Gasteiger partial charge in [0.15, 0.2) is 6.61 Å². The number of amides is 3. The van der Waals surface area contributed by atoms with Gasteiger partial charge < -0.3 is 26.0 Å². The third-order valence-corrected chi connectivity index (χ3v) is 4.70. The SMILES string of the molecule is C=C(Nc1ccc(NC(=O)NCCC(C)(C)F)cc1)c1c(F)cc(OCC(=O)NC)cc1N=CC.